The lowest BCUT2D eigenvalue weighted by molar-refractivity contribution is 0.0766. The minimum absolute atomic E-state index is 0.0296. The molecular weight excluding hydrogens is 397 g/mol. The van der Waals surface area contributed by atoms with Gasteiger partial charge in [0.15, 0.2) is 0 Å². The molecule has 0 saturated heterocycles. The predicted octanol–water partition coefficient (Wildman–Crippen LogP) is 3.24. The van der Waals surface area contributed by atoms with Gasteiger partial charge in [0.25, 0.3) is 5.91 Å². The second-order valence-corrected chi connectivity index (χ2v) is 5.60. The van der Waals surface area contributed by atoms with Crippen LogP contribution in [0.4, 0.5) is 0 Å². The van der Waals surface area contributed by atoms with E-state index in [9.17, 15) is 9.90 Å². The zero-order chi connectivity index (χ0) is 12.8. The van der Waals surface area contributed by atoms with Gasteiger partial charge in [-0.1, -0.05) is 22.9 Å². The number of amides is 1. The lowest BCUT2D eigenvalue weighted by atomic mass is 10.2. The summed E-state index contributed by atoms with van der Waals surface area (Å²) < 4.78 is 0.752. The van der Waals surface area contributed by atoms with Crippen molar-refractivity contribution in [2.45, 2.75) is 13.3 Å². The lowest BCUT2D eigenvalue weighted by Crippen LogP contribution is -2.33. The standard InChI is InChI=1S/C12H15BrINO2/c1-2-6-15(7-5-13)12(17)9-3-4-10(14)11(16)8-9/h3-4,8,16H,2,5-7H2,1H3. The molecular formula is C12H15BrINO2. The van der Waals surface area contributed by atoms with Crippen LogP contribution in [0.15, 0.2) is 18.2 Å². The molecule has 0 radical (unpaired) electrons. The first-order valence-electron chi connectivity index (χ1n) is 5.44. The van der Waals surface area contributed by atoms with Crippen LogP contribution >= 0.6 is 38.5 Å². The summed E-state index contributed by atoms with van der Waals surface area (Å²) in [6.45, 7) is 3.45. The van der Waals surface area contributed by atoms with Gasteiger partial charge in [-0.25, -0.2) is 0 Å². The zero-order valence-corrected chi connectivity index (χ0v) is 13.4. The minimum atomic E-state index is -0.0296. The predicted molar refractivity (Wildman–Crippen MR) is 80.8 cm³/mol. The Bertz CT molecular complexity index is 392. The van der Waals surface area contributed by atoms with Crippen molar-refractivity contribution in [1.82, 2.24) is 4.90 Å². The molecule has 0 unspecified atom stereocenters. The summed E-state index contributed by atoms with van der Waals surface area (Å²) >= 11 is 5.38. The quantitative estimate of drug-likeness (QED) is 0.596. The van der Waals surface area contributed by atoms with E-state index in [1.807, 2.05) is 29.5 Å². The van der Waals surface area contributed by atoms with Gasteiger partial charge in [-0.3, -0.25) is 4.79 Å². The summed E-state index contributed by atoms with van der Waals surface area (Å²) in [6.07, 6.45) is 0.926. The topological polar surface area (TPSA) is 40.5 Å². The third-order valence-corrected chi connectivity index (χ3v) is 3.60. The maximum Gasteiger partial charge on any atom is 0.254 e. The molecule has 1 aromatic rings. The molecule has 1 amide bonds. The van der Waals surface area contributed by atoms with Crippen LogP contribution < -0.4 is 0 Å². The van der Waals surface area contributed by atoms with E-state index in [-0.39, 0.29) is 11.7 Å². The molecule has 3 nitrogen and oxygen atoms in total. The highest BCUT2D eigenvalue weighted by Gasteiger charge is 2.15. The van der Waals surface area contributed by atoms with Crippen molar-refractivity contribution in [2.24, 2.45) is 0 Å². The van der Waals surface area contributed by atoms with E-state index in [4.69, 9.17) is 0 Å². The Labute approximate surface area is 123 Å². The SMILES string of the molecule is CCCN(CCBr)C(=O)c1ccc(I)c(O)c1. The molecule has 0 aliphatic heterocycles. The van der Waals surface area contributed by atoms with E-state index >= 15 is 0 Å². The van der Waals surface area contributed by atoms with Crippen molar-refractivity contribution in [3.63, 3.8) is 0 Å². The third kappa shape index (κ3) is 4.13. The fourth-order valence-electron chi connectivity index (χ4n) is 1.52. The Morgan fingerprint density at radius 3 is 2.71 bits per heavy atom. The van der Waals surface area contributed by atoms with Gasteiger partial charge in [0.1, 0.15) is 5.75 Å². The van der Waals surface area contributed by atoms with Gasteiger partial charge in [0.2, 0.25) is 0 Å². The number of hydrogen-bond acceptors (Lipinski definition) is 2. The summed E-state index contributed by atoms with van der Waals surface area (Å²) in [4.78, 5) is 14.0. The minimum Gasteiger partial charge on any atom is -0.507 e. The first-order chi connectivity index (χ1) is 8.10. The number of carbonyl (C=O) groups excluding carboxylic acids is 1. The number of halogens is 2. The molecule has 0 spiro atoms. The molecule has 1 rings (SSSR count). The average molecular weight is 412 g/mol. The van der Waals surface area contributed by atoms with Gasteiger partial charge < -0.3 is 10.0 Å². The van der Waals surface area contributed by atoms with Gasteiger partial charge in [0.05, 0.1) is 3.57 Å². The number of aromatic hydroxyl groups is 1. The molecule has 5 heteroatoms. The molecule has 0 fully saturated rings. The monoisotopic (exact) mass is 411 g/mol. The normalized spacial score (nSPS) is 10.3. The molecule has 0 atom stereocenters. The molecule has 0 aliphatic carbocycles. The summed E-state index contributed by atoms with van der Waals surface area (Å²) in [6, 6.07) is 5.03. The number of alkyl halides is 1. The maximum atomic E-state index is 12.2. The summed E-state index contributed by atoms with van der Waals surface area (Å²) in [7, 11) is 0. The van der Waals surface area contributed by atoms with E-state index in [1.54, 1.807) is 17.0 Å². The summed E-state index contributed by atoms with van der Waals surface area (Å²) in [5.74, 6) is 0.129. The highest BCUT2D eigenvalue weighted by molar-refractivity contribution is 14.1. The second kappa shape index (κ2) is 7.20. The van der Waals surface area contributed by atoms with Crippen LogP contribution in [0.5, 0.6) is 5.75 Å². The van der Waals surface area contributed by atoms with Crippen molar-refractivity contribution >= 4 is 44.4 Å². The highest BCUT2D eigenvalue weighted by atomic mass is 127. The molecule has 0 saturated carbocycles. The van der Waals surface area contributed by atoms with Crippen LogP contribution in [0.1, 0.15) is 23.7 Å². The van der Waals surface area contributed by atoms with E-state index in [0.717, 1.165) is 21.9 Å². The molecule has 17 heavy (non-hydrogen) atoms. The molecule has 0 aliphatic rings. The van der Waals surface area contributed by atoms with E-state index in [0.29, 0.717) is 12.1 Å². The second-order valence-electron chi connectivity index (χ2n) is 3.65. The number of phenols is 1. The van der Waals surface area contributed by atoms with Crippen LogP contribution in [-0.2, 0) is 0 Å². The average Bonchev–Trinajstić information content (AvgIpc) is 2.31. The van der Waals surface area contributed by atoms with Crippen LogP contribution in [0.25, 0.3) is 0 Å². The molecule has 94 valence electrons. The Morgan fingerprint density at radius 1 is 1.47 bits per heavy atom. The Hall–Kier alpha value is -0.300. The largest absolute Gasteiger partial charge is 0.507 e. The van der Waals surface area contributed by atoms with Gasteiger partial charge in [0, 0.05) is 24.0 Å². The molecule has 0 aromatic heterocycles. The third-order valence-electron chi connectivity index (χ3n) is 2.33. The smallest absolute Gasteiger partial charge is 0.254 e. The molecule has 0 heterocycles. The van der Waals surface area contributed by atoms with Crippen molar-refractivity contribution < 1.29 is 9.90 Å². The number of hydrogen-bond donors (Lipinski definition) is 1. The number of carbonyl (C=O) groups is 1. The van der Waals surface area contributed by atoms with Crippen molar-refractivity contribution in [1.29, 1.82) is 0 Å². The number of nitrogens with zero attached hydrogens (tertiary/aromatic N) is 1. The number of benzene rings is 1. The van der Waals surface area contributed by atoms with Crippen molar-refractivity contribution in [2.75, 3.05) is 18.4 Å². The van der Waals surface area contributed by atoms with Gasteiger partial charge in [-0.15, -0.1) is 0 Å². The molecule has 1 N–H and O–H groups in total. The fourth-order valence-corrected chi connectivity index (χ4v) is 2.28. The van der Waals surface area contributed by atoms with Crippen LogP contribution in [0.2, 0.25) is 0 Å². The van der Waals surface area contributed by atoms with Crippen LogP contribution in [0.3, 0.4) is 0 Å². The summed E-state index contributed by atoms with van der Waals surface area (Å²) in [5, 5.41) is 10.4. The van der Waals surface area contributed by atoms with E-state index in [2.05, 4.69) is 15.9 Å². The van der Waals surface area contributed by atoms with Gasteiger partial charge in [-0.2, -0.15) is 0 Å². The number of phenolic OH excluding ortho intramolecular Hbond substituents is 1. The molecule has 0 bridgehead atoms. The Balaban J connectivity index is 2.88. The zero-order valence-electron chi connectivity index (χ0n) is 9.62. The summed E-state index contributed by atoms with van der Waals surface area (Å²) in [5.41, 5.74) is 0.539. The number of rotatable bonds is 5. The molecule has 1 aromatic carbocycles. The van der Waals surface area contributed by atoms with Gasteiger partial charge in [-0.05, 0) is 47.2 Å². The van der Waals surface area contributed by atoms with E-state index in [1.165, 1.54) is 6.07 Å². The first kappa shape index (κ1) is 14.8. The first-order valence-corrected chi connectivity index (χ1v) is 7.64. The van der Waals surface area contributed by atoms with Crippen LogP contribution in [-0.4, -0.2) is 34.3 Å². The van der Waals surface area contributed by atoms with Crippen molar-refractivity contribution in [3.8, 4) is 5.75 Å². The van der Waals surface area contributed by atoms with Crippen molar-refractivity contribution in [3.05, 3.63) is 27.3 Å². The Kier molecular flexibility index (Phi) is 6.26. The Morgan fingerprint density at radius 2 is 2.18 bits per heavy atom. The lowest BCUT2D eigenvalue weighted by Gasteiger charge is -2.21. The van der Waals surface area contributed by atoms with Crippen LogP contribution in [0, 0.1) is 3.57 Å². The van der Waals surface area contributed by atoms with Gasteiger partial charge >= 0.3 is 0 Å². The highest BCUT2D eigenvalue weighted by Crippen LogP contribution is 2.21. The maximum absolute atomic E-state index is 12.2. The van der Waals surface area contributed by atoms with E-state index < -0.39 is 0 Å². The fraction of sp³-hybridized carbons (Fsp3) is 0.417.